The maximum atomic E-state index is 13.1. The van der Waals surface area contributed by atoms with Crippen molar-refractivity contribution in [2.45, 2.75) is 25.8 Å². The van der Waals surface area contributed by atoms with Gasteiger partial charge in [0.2, 0.25) is 5.91 Å². The van der Waals surface area contributed by atoms with Gasteiger partial charge in [0.05, 0.1) is 0 Å². The Morgan fingerprint density at radius 3 is 2.44 bits per heavy atom. The molecule has 0 aliphatic carbocycles. The minimum atomic E-state index is -1.32. The van der Waals surface area contributed by atoms with Crippen LogP contribution in [-0.2, 0) is 15.1 Å². The fraction of sp³-hybridized carbons (Fsp3) is 0.500. The monoisotopic (exact) mass is 398 g/mol. The molecule has 2 fully saturated rings. The number of amides is 4. The molecule has 0 aromatic heterocycles. The second-order valence-corrected chi connectivity index (χ2v) is 7.53. The summed E-state index contributed by atoms with van der Waals surface area (Å²) in [6, 6.07) is 4.73. The minimum Gasteiger partial charge on any atom is -0.341 e. The lowest BCUT2D eigenvalue weighted by atomic mass is 9.90. The van der Waals surface area contributed by atoms with E-state index in [1.165, 1.54) is 24.3 Å². The van der Waals surface area contributed by atoms with Gasteiger partial charge in [-0.1, -0.05) is 19.1 Å². The first-order chi connectivity index (χ1) is 12.2. The van der Waals surface area contributed by atoms with Gasteiger partial charge in [0.15, 0.2) is 0 Å². The van der Waals surface area contributed by atoms with Gasteiger partial charge in [-0.2, -0.15) is 0 Å². The lowest BCUT2D eigenvalue weighted by Gasteiger charge is -2.24. The third kappa shape index (κ3) is 3.77. The maximum absolute atomic E-state index is 13.1. The number of hydrogen-bond acceptors (Lipinski definition) is 4. The summed E-state index contributed by atoms with van der Waals surface area (Å²) >= 11 is 0. The molecule has 1 aromatic rings. The van der Waals surface area contributed by atoms with Crippen molar-refractivity contribution >= 4 is 30.3 Å². The number of nitrogens with two attached hydrogens (primary N) is 1. The smallest absolute Gasteiger partial charge is 0.325 e. The molecule has 4 amide bonds. The van der Waals surface area contributed by atoms with E-state index < -0.39 is 23.3 Å². The van der Waals surface area contributed by atoms with E-state index in [0.717, 1.165) is 11.3 Å². The highest BCUT2D eigenvalue weighted by molar-refractivity contribution is 6.09. The van der Waals surface area contributed by atoms with Gasteiger partial charge >= 0.3 is 6.03 Å². The first kappa shape index (κ1) is 21.1. The van der Waals surface area contributed by atoms with E-state index in [2.05, 4.69) is 5.32 Å². The fourth-order valence-corrected chi connectivity index (χ4v) is 3.46. The molecule has 2 aliphatic rings. The zero-order chi connectivity index (χ0) is 19.1. The van der Waals surface area contributed by atoms with Crippen molar-refractivity contribution in [3.05, 3.63) is 35.6 Å². The van der Waals surface area contributed by atoms with Crippen molar-refractivity contribution in [3.8, 4) is 0 Å². The van der Waals surface area contributed by atoms with Gasteiger partial charge in [-0.25, -0.2) is 9.18 Å². The fourth-order valence-electron chi connectivity index (χ4n) is 3.46. The van der Waals surface area contributed by atoms with Crippen LogP contribution in [0.1, 0.15) is 25.8 Å². The number of nitrogens with one attached hydrogen (secondary N) is 1. The summed E-state index contributed by atoms with van der Waals surface area (Å²) in [4.78, 5) is 40.2. The summed E-state index contributed by atoms with van der Waals surface area (Å²) in [6.45, 7) is 4.79. The molecule has 0 bridgehead atoms. The Morgan fingerprint density at radius 1 is 1.26 bits per heavy atom. The Kier molecular flexibility index (Phi) is 5.82. The number of imide groups is 1. The minimum absolute atomic E-state index is 0. The molecule has 2 heterocycles. The molecule has 27 heavy (non-hydrogen) atoms. The van der Waals surface area contributed by atoms with Gasteiger partial charge in [0.25, 0.3) is 5.91 Å². The lowest BCUT2D eigenvalue weighted by molar-refractivity contribution is -0.138. The second-order valence-electron chi connectivity index (χ2n) is 7.53. The van der Waals surface area contributed by atoms with Gasteiger partial charge in [-0.15, -0.1) is 12.4 Å². The van der Waals surface area contributed by atoms with E-state index in [0.29, 0.717) is 25.2 Å². The first-order valence-electron chi connectivity index (χ1n) is 8.56. The molecule has 0 radical (unpaired) electrons. The Bertz CT molecular complexity index is 759. The van der Waals surface area contributed by atoms with Crippen molar-refractivity contribution < 1.29 is 18.8 Å². The van der Waals surface area contributed by atoms with Crippen LogP contribution < -0.4 is 11.1 Å². The van der Waals surface area contributed by atoms with E-state index in [9.17, 15) is 18.8 Å². The van der Waals surface area contributed by atoms with Gasteiger partial charge in [-0.3, -0.25) is 14.5 Å². The molecule has 148 valence electrons. The summed E-state index contributed by atoms with van der Waals surface area (Å²) in [7, 11) is 0. The predicted octanol–water partition coefficient (Wildman–Crippen LogP) is 1.21. The van der Waals surface area contributed by atoms with E-state index >= 15 is 0 Å². The van der Waals surface area contributed by atoms with Crippen molar-refractivity contribution in [1.29, 1.82) is 0 Å². The number of carbonyl (C=O) groups excluding carboxylic acids is 3. The van der Waals surface area contributed by atoms with Crippen LogP contribution in [0.4, 0.5) is 9.18 Å². The summed E-state index contributed by atoms with van der Waals surface area (Å²) in [5.41, 5.74) is 4.77. The van der Waals surface area contributed by atoms with Crippen molar-refractivity contribution in [3.63, 3.8) is 0 Å². The molecule has 1 aromatic carbocycles. The second kappa shape index (κ2) is 7.44. The lowest BCUT2D eigenvalue weighted by Crippen LogP contribution is -2.44. The van der Waals surface area contributed by atoms with Crippen LogP contribution in [0, 0.1) is 11.2 Å². The van der Waals surface area contributed by atoms with Crippen molar-refractivity contribution in [1.82, 2.24) is 15.1 Å². The molecule has 3 rings (SSSR count). The largest absolute Gasteiger partial charge is 0.341 e. The zero-order valence-electron chi connectivity index (χ0n) is 15.3. The topological polar surface area (TPSA) is 95.7 Å². The highest BCUT2D eigenvalue weighted by Gasteiger charge is 2.50. The summed E-state index contributed by atoms with van der Waals surface area (Å²) < 4.78 is 13.1. The van der Waals surface area contributed by atoms with E-state index in [1.807, 2.05) is 6.92 Å². The van der Waals surface area contributed by atoms with Gasteiger partial charge in [0.1, 0.15) is 17.9 Å². The van der Waals surface area contributed by atoms with Crippen molar-refractivity contribution in [2.75, 3.05) is 26.2 Å². The SMILES string of the molecule is CC1(CN)CCN(C(=O)CN2C(=O)NC(C)(c3ccc(F)cc3)C2=O)C1.Cl. The molecule has 2 aliphatic heterocycles. The Morgan fingerprint density at radius 2 is 1.89 bits per heavy atom. The molecule has 9 heteroatoms. The van der Waals surface area contributed by atoms with Crippen LogP contribution in [0.3, 0.4) is 0 Å². The molecule has 0 spiro atoms. The van der Waals surface area contributed by atoms with Crippen LogP contribution in [0.2, 0.25) is 0 Å². The first-order valence-corrected chi connectivity index (χ1v) is 8.56. The van der Waals surface area contributed by atoms with Gasteiger partial charge in [0, 0.05) is 13.1 Å². The standard InChI is InChI=1S/C18H23FN4O3.ClH/c1-17(10-20)7-8-22(11-17)14(24)9-23-15(25)18(2,21-16(23)26)12-3-5-13(19)6-4-12;/h3-6H,7-11,20H2,1-2H3,(H,21,26);1H. The number of rotatable bonds is 4. The predicted molar refractivity (Wildman–Crippen MR) is 99.6 cm³/mol. The normalized spacial score (nSPS) is 27.6. The molecule has 0 saturated carbocycles. The summed E-state index contributed by atoms with van der Waals surface area (Å²) in [5, 5.41) is 2.61. The Balaban J connectivity index is 0.00000261. The summed E-state index contributed by atoms with van der Waals surface area (Å²) in [5.74, 6) is -1.24. The van der Waals surface area contributed by atoms with Gasteiger partial charge in [-0.05, 0) is 43.0 Å². The van der Waals surface area contributed by atoms with E-state index in [1.54, 1.807) is 11.8 Å². The molecular formula is C18H24ClFN4O3. The number of halogens is 2. The van der Waals surface area contributed by atoms with Crippen LogP contribution in [-0.4, -0.2) is 53.8 Å². The molecular weight excluding hydrogens is 375 g/mol. The van der Waals surface area contributed by atoms with E-state index in [4.69, 9.17) is 5.73 Å². The number of urea groups is 1. The van der Waals surface area contributed by atoms with Gasteiger partial charge < -0.3 is 16.0 Å². The quantitative estimate of drug-likeness (QED) is 0.745. The van der Waals surface area contributed by atoms with Crippen LogP contribution >= 0.6 is 12.4 Å². The number of benzene rings is 1. The molecule has 2 saturated heterocycles. The highest BCUT2D eigenvalue weighted by Crippen LogP contribution is 2.31. The average molecular weight is 399 g/mol. The number of likely N-dealkylation sites (tertiary alicyclic amines) is 1. The average Bonchev–Trinajstić information content (AvgIpc) is 3.10. The zero-order valence-corrected chi connectivity index (χ0v) is 16.1. The maximum Gasteiger partial charge on any atom is 0.325 e. The molecule has 3 N–H and O–H groups in total. The third-order valence-corrected chi connectivity index (χ3v) is 5.39. The number of carbonyl (C=O) groups is 3. The van der Waals surface area contributed by atoms with Crippen molar-refractivity contribution in [2.24, 2.45) is 11.1 Å². The Hall–Kier alpha value is -2.19. The molecule has 2 atom stereocenters. The molecule has 7 nitrogen and oxygen atoms in total. The highest BCUT2D eigenvalue weighted by atomic mass is 35.5. The number of nitrogens with zero attached hydrogens (tertiary/aromatic N) is 2. The van der Waals surface area contributed by atoms with Crippen LogP contribution in [0.25, 0.3) is 0 Å². The van der Waals surface area contributed by atoms with Crippen LogP contribution in [0.5, 0.6) is 0 Å². The Labute approximate surface area is 163 Å². The molecule has 2 unspecified atom stereocenters. The van der Waals surface area contributed by atoms with E-state index in [-0.39, 0.29) is 30.3 Å². The van der Waals surface area contributed by atoms with Crippen LogP contribution in [0.15, 0.2) is 24.3 Å². The number of hydrogen-bond donors (Lipinski definition) is 2. The summed E-state index contributed by atoms with van der Waals surface area (Å²) in [6.07, 6.45) is 0.794. The third-order valence-electron chi connectivity index (χ3n) is 5.39.